The number of rotatable bonds is 7. The summed E-state index contributed by atoms with van der Waals surface area (Å²) in [4.78, 5) is 13.0. The number of fused-ring (bicyclic) bond motifs is 1. The Kier molecular flexibility index (Phi) is 5.84. The van der Waals surface area contributed by atoms with Crippen molar-refractivity contribution in [3.8, 4) is 0 Å². The zero-order valence-corrected chi connectivity index (χ0v) is 15.5. The van der Waals surface area contributed by atoms with Gasteiger partial charge in [-0.05, 0) is 24.1 Å². The van der Waals surface area contributed by atoms with Gasteiger partial charge in [0.15, 0.2) is 33.4 Å². The van der Waals surface area contributed by atoms with Crippen LogP contribution in [-0.4, -0.2) is 32.7 Å². The van der Waals surface area contributed by atoms with Crippen molar-refractivity contribution in [3.63, 3.8) is 0 Å². The minimum atomic E-state index is -0.886. The topological polar surface area (TPSA) is 97.0 Å². The van der Waals surface area contributed by atoms with Crippen LogP contribution in [0, 0.1) is 11.6 Å². The normalized spacial score (nSPS) is 12.5. The van der Waals surface area contributed by atoms with Crippen LogP contribution < -0.4 is 11.1 Å². The number of aromatic nitrogens is 3. The number of nitrogen functional groups attached to an aromatic ring is 1. The van der Waals surface area contributed by atoms with Gasteiger partial charge in [0.05, 0.1) is 12.6 Å². The van der Waals surface area contributed by atoms with E-state index in [9.17, 15) is 13.9 Å². The largest absolute Gasteiger partial charge is 0.394 e. The fourth-order valence-corrected chi connectivity index (χ4v) is 3.74. The van der Waals surface area contributed by atoms with Crippen molar-refractivity contribution in [2.45, 2.75) is 30.3 Å². The summed E-state index contributed by atoms with van der Waals surface area (Å²) in [6.07, 6.45) is 0.716. The summed E-state index contributed by atoms with van der Waals surface area (Å²) in [6.45, 7) is 1.92. The van der Waals surface area contributed by atoms with E-state index in [0.29, 0.717) is 44.2 Å². The van der Waals surface area contributed by atoms with Crippen LogP contribution in [0.25, 0.3) is 10.3 Å². The summed E-state index contributed by atoms with van der Waals surface area (Å²) >= 11 is 2.54. The molecule has 0 fully saturated rings. The van der Waals surface area contributed by atoms with Crippen LogP contribution in [0.4, 0.5) is 19.7 Å². The van der Waals surface area contributed by atoms with Gasteiger partial charge in [0.2, 0.25) is 0 Å². The first kappa shape index (κ1) is 18.7. The highest BCUT2D eigenvalue weighted by Gasteiger charge is 2.16. The van der Waals surface area contributed by atoms with Gasteiger partial charge in [-0.15, -0.1) is 0 Å². The van der Waals surface area contributed by atoms with Crippen molar-refractivity contribution in [3.05, 3.63) is 35.4 Å². The summed E-state index contributed by atoms with van der Waals surface area (Å²) in [5.74, 6) is -0.838. The molecule has 26 heavy (non-hydrogen) atoms. The number of hydrogen-bond acceptors (Lipinski definition) is 8. The van der Waals surface area contributed by atoms with E-state index in [-0.39, 0.29) is 12.6 Å². The first-order valence-corrected chi connectivity index (χ1v) is 9.68. The molecule has 0 unspecified atom stereocenters. The third-order valence-electron chi connectivity index (χ3n) is 3.66. The van der Waals surface area contributed by atoms with Crippen LogP contribution in [0.1, 0.15) is 18.9 Å². The second-order valence-electron chi connectivity index (χ2n) is 5.53. The van der Waals surface area contributed by atoms with E-state index in [2.05, 4.69) is 20.3 Å². The smallest absolute Gasteiger partial charge is 0.191 e. The Morgan fingerprint density at radius 2 is 2.08 bits per heavy atom. The second-order valence-corrected chi connectivity index (χ2v) is 7.50. The Balaban J connectivity index is 1.86. The number of halogens is 2. The number of aliphatic hydroxyl groups is 1. The predicted octanol–water partition coefficient (Wildman–Crippen LogP) is 3.42. The molecule has 0 radical (unpaired) electrons. The number of benzene rings is 1. The number of nitrogens with one attached hydrogen (secondary N) is 1. The lowest BCUT2D eigenvalue weighted by Gasteiger charge is -2.15. The van der Waals surface area contributed by atoms with Crippen molar-refractivity contribution >= 4 is 44.4 Å². The Bertz CT molecular complexity index is 917. The third-order valence-corrected chi connectivity index (χ3v) is 5.45. The van der Waals surface area contributed by atoms with E-state index in [4.69, 9.17) is 5.73 Å². The summed E-state index contributed by atoms with van der Waals surface area (Å²) in [5.41, 5.74) is 6.86. The van der Waals surface area contributed by atoms with Crippen molar-refractivity contribution in [2.24, 2.45) is 0 Å². The quantitative estimate of drug-likeness (QED) is 0.415. The Morgan fingerprint density at radius 3 is 2.77 bits per heavy atom. The van der Waals surface area contributed by atoms with E-state index in [1.807, 2.05) is 6.92 Å². The first-order chi connectivity index (χ1) is 12.5. The van der Waals surface area contributed by atoms with E-state index in [0.717, 1.165) is 12.1 Å². The molecule has 0 aliphatic carbocycles. The van der Waals surface area contributed by atoms with Crippen molar-refractivity contribution < 1.29 is 13.9 Å². The molecule has 0 aliphatic rings. The highest BCUT2D eigenvalue weighted by molar-refractivity contribution is 7.98. The van der Waals surface area contributed by atoms with Crippen molar-refractivity contribution in [2.75, 3.05) is 17.7 Å². The molecule has 6 nitrogen and oxygen atoms in total. The summed E-state index contributed by atoms with van der Waals surface area (Å²) < 4.78 is 27.1. The van der Waals surface area contributed by atoms with Gasteiger partial charge in [-0.3, -0.25) is 0 Å². The number of anilines is 2. The maximum absolute atomic E-state index is 13.3. The molecule has 0 aliphatic heterocycles. The monoisotopic (exact) mass is 397 g/mol. The molecule has 3 rings (SSSR count). The van der Waals surface area contributed by atoms with Gasteiger partial charge in [-0.25, -0.2) is 23.7 Å². The fraction of sp³-hybridized carbons (Fsp3) is 0.312. The average Bonchev–Trinajstić information content (AvgIpc) is 3.01. The first-order valence-electron chi connectivity index (χ1n) is 7.88. The second kappa shape index (κ2) is 8.11. The summed E-state index contributed by atoms with van der Waals surface area (Å²) in [6, 6.07) is 3.61. The zero-order chi connectivity index (χ0) is 18.7. The number of nitrogens with two attached hydrogens (primary N) is 1. The highest BCUT2D eigenvalue weighted by atomic mass is 32.2. The maximum atomic E-state index is 13.3. The predicted molar refractivity (Wildman–Crippen MR) is 100 cm³/mol. The maximum Gasteiger partial charge on any atom is 0.191 e. The number of nitrogens with zero attached hydrogens (tertiary/aromatic N) is 3. The number of thiazole rings is 1. The highest BCUT2D eigenvalue weighted by Crippen LogP contribution is 2.32. The molecule has 2 aromatic heterocycles. The van der Waals surface area contributed by atoms with Crippen LogP contribution >= 0.6 is 23.1 Å². The van der Waals surface area contributed by atoms with Crippen molar-refractivity contribution in [1.82, 2.24) is 15.0 Å². The summed E-state index contributed by atoms with van der Waals surface area (Å²) in [5, 5.41) is 13.4. The lowest BCUT2D eigenvalue weighted by atomic mass is 10.2. The van der Waals surface area contributed by atoms with Crippen LogP contribution in [-0.2, 0) is 5.75 Å². The summed E-state index contributed by atoms with van der Waals surface area (Å²) in [7, 11) is 0. The number of thioether (sulfide) groups is 1. The Labute approximate surface area is 156 Å². The van der Waals surface area contributed by atoms with Crippen LogP contribution in [0.3, 0.4) is 0 Å². The van der Waals surface area contributed by atoms with Gasteiger partial charge in [0.25, 0.3) is 0 Å². The Hall–Kier alpha value is -2.04. The number of aliphatic hydroxyl groups excluding tert-OH is 1. The molecule has 1 atom stereocenters. The lowest BCUT2D eigenvalue weighted by Crippen LogP contribution is -2.23. The van der Waals surface area contributed by atoms with Gasteiger partial charge >= 0.3 is 0 Å². The molecule has 4 N–H and O–H groups in total. The molecule has 0 amide bonds. The molecular formula is C16H17F2N5OS2. The van der Waals surface area contributed by atoms with E-state index < -0.39 is 11.6 Å². The number of hydrogen-bond donors (Lipinski definition) is 3. The average molecular weight is 397 g/mol. The van der Waals surface area contributed by atoms with Crippen LogP contribution in [0.15, 0.2) is 23.4 Å². The zero-order valence-electron chi connectivity index (χ0n) is 13.9. The lowest BCUT2D eigenvalue weighted by molar-refractivity contribution is 0.271. The molecule has 138 valence electrons. The van der Waals surface area contributed by atoms with E-state index in [1.54, 1.807) is 0 Å². The van der Waals surface area contributed by atoms with Crippen LogP contribution in [0.5, 0.6) is 0 Å². The molecule has 1 aromatic carbocycles. The van der Waals surface area contributed by atoms with E-state index >= 15 is 0 Å². The van der Waals surface area contributed by atoms with Crippen molar-refractivity contribution in [1.29, 1.82) is 0 Å². The molecule has 0 bridgehead atoms. The van der Waals surface area contributed by atoms with Gasteiger partial charge < -0.3 is 16.2 Å². The van der Waals surface area contributed by atoms with Crippen LogP contribution in [0.2, 0.25) is 0 Å². The standard InChI is InChI=1S/C16H17F2N5OS2/c1-2-9(6-24)20-13-12-14(21-15(19)26-12)23-16(22-13)25-7-8-3-4-10(17)11(18)5-8/h3-5,9,24H,2,6-7H2,1H3,(H3,19,20,21,22,23)/t9-/m1/s1. The minimum Gasteiger partial charge on any atom is -0.394 e. The van der Waals surface area contributed by atoms with Gasteiger partial charge in [-0.1, -0.05) is 36.1 Å². The molecule has 0 saturated heterocycles. The van der Waals surface area contributed by atoms with Gasteiger partial charge in [-0.2, -0.15) is 0 Å². The molecule has 10 heteroatoms. The molecule has 3 aromatic rings. The molecular weight excluding hydrogens is 380 g/mol. The van der Waals surface area contributed by atoms with Gasteiger partial charge in [0, 0.05) is 5.75 Å². The Morgan fingerprint density at radius 1 is 1.27 bits per heavy atom. The van der Waals surface area contributed by atoms with Gasteiger partial charge in [0.1, 0.15) is 4.70 Å². The fourth-order valence-electron chi connectivity index (χ4n) is 2.23. The minimum absolute atomic E-state index is 0.0341. The molecule has 0 spiro atoms. The van der Waals surface area contributed by atoms with E-state index in [1.165, 1.54) is 29.2 Å². The third kappa shape index (κ3) is 4.19. The molecule has 0 saturated carbocycles. The SMILES string of the molecule is CC[C@H](CO)Nc1nc(SCc2ccc(F)c(F)c2)nc2nc(N)sc12. The molecule has 2 heterocycles.